The Morgan fingerprint density at radius 3 is 2.80 bits per heavy atom. The zero-order chi connectivity index (χ0) is 17.8. The number of nitrogens with two attached hydrogens (primary N) is 1. The zero-order valence-corrected chi connectivity index (χ0v) is 14.5. The highest BCUT2D eigenvalue weighted by molar-refractivity contribution is 5.96. The van der Waals surface area contributed by atoms with E-state index >= 15 is 0 Å². The maximum Gasteiger partial charge on any atom is 0.254 e. The summed E-state index contributed by atoms with van der Waals surface area (Å²) in [7, 11) is 1.62. The van der Waals surface area contributed by atoms with Crippen molar-refractivity contribution in [3.05, 3.63) is 53.1 Å². The molecule has 2 aromatic rings. The SMILES string of the molecule is COCCN(Cc1ccc2c(c1)OCO2)C(=O)c1cc(N)ccc1C. The van der Waals surface area contributed by atoms with Crippen LogP contribution in [0.5, 0.6) is 11.5 Å². The first kappa shape index (κ1) is 17.1. The monoisotopic (exact) mass is 342 g/mol. The molecular weight excluding hydrogens is 320 g/mol. The van der Waals surface area contributed by atoms with Gasteiger partial charge in [-0.3, -0.25) is 4.79 Å². The molecule has 1 aliphatic heterocycles. The minimum Gasteiger partial charge on any atom is -0.454 e. The molecule has 0 radical (unpaired) electrons. The molecule has 0 atom stereocenters. The summed E-state index contributed by atoms with van der Waals surface area (Å²) in [5.41, 5.74) is 8.90. The number of nitrogen functional groups attached to an aromatic ring is 1. The Morgan fingerprint density at radius 2 is 2.00 bits per heavy atom. The van der Waals surface area contributed by atoms with Gasteiger partial charge in [0.05, 0.1) is 6.61 Å². The minimum atomic E-state index is -0.0699. The first-order valence-corrected chi connectivity index (χ1v) is 8.11. The Labute approximate surface area is 147 Å². The highest BCUT2D eigenvalue weighted by atomic mass is 16.7. The van der Waals surface area contributed by atoms with Gasteiger partial charge in [-0.1, -0.05) is 12.1 Å². The zero-order valence-electron chi connectivity index (χ0n) is 14.5. The molecule has 0 spiro atoms. The van der Waals surface area contributed by atoms with Crippen LogP contribution in [0.1, 0.15) is 21.5 Å². The molecule has 0 bridgehead atoms. The molecule has 0 aliphatic carbocycles. The average molecular weight is 342 g/mol. The van der Waals surface area contributed by atoms with Crippen LogP contribution in [0, 0.1) is 6.92 Å². The van der Waals surface area contributed by atoms with Crippen molar-refractivity contribution < 1.29 is 19.0 Å². The fourth-order valence-corrected chi connectivity index (χ4v) is 2.75. The maximum absolute atomic E-state index is 13.0. The lowest BCUT2D eigenvalue weighted by molar-refractivity contribution is 0.0679. The van der Waals surface area contributed by atoms with Crippen LogP contribution in [0.15, 0.2) is 36.4 Å². The molecule has 1 heterocycles. The third-order valence-corrected chi connectivity index (χ3v) is 4.15. The Balaban J connectivity index is 1.83. The summed E-state index contributed by atoms with van der Waals surface area (Å²) < 4.78 is 15.9. The van der Waals surface area contributed by atoms with Gasteiger partial charge in [-0.15, -0.1) is 0 Å². The topological polar surface area (TPSA) is 74.0 Å². The van der Waals surface area contributed by atoms with Crippen molar-refractivity contribution in [3.8, 4) is 11.5 Å². The number of fused-ring (bicyclic) bond motifs is 1. The van der Waals surface area contributed by atoms with Crippen molar-refractivity contribution in [2.45, 2.75) is 13.5 Å². The quantitative estimate of drug-likeness (QED) is 0.817. The number of benzene rings is 2. The predicted octanol–water partition coefficient (Wildman–Crippen LogP) is 2.59. The molecule has 6 heteroatoms. The van der Waals surface area contributed by atoms with Crippen LogP contribution in [0.25, 0.3) is 0 Å². The number of aryl methyl sites for hydroxylation is 1. The van der Waals surface area contributed by atoms with Gasteiger partial charge in [-0.25, -0.2) is 0 Å². The fourth-order valence-electron chi connectivity index (χ4n) is 2.75. The van der Waals surface area contributed by atoms with Crippen molar-refractivity contribution in [2.75, 3.05) is 32.8 Å². The first-order chi connectivity index (χ1) is 12.1. The number of nitrogens with zero attached hydrogens (tertiary/aromatic N) is 1. The van der Waals surface area contributed by atoms with Crippen molar-refractivity contribution in [1.82, 2.24) is 4.90 Å². The van der Waals surface area contributed by atoms with Crippen LogP contribution < -0.4 is 15.2 Å². The highest BCUT2D eigenvalue weighted by Crippen LogP contribution is 2.33. The van der Waals surface area contributed by atoms with E-state index in [9.17, 15) is 4.79 Å². The molecular formula is C19H22N2O4. The lowest BCUT2D eigenvalue weighted by Crippen LogP contribution is -2.34. The Morgan fingerprint density at radius 1 is 1.20 bits per heavy atom. The number of carbonyl (C=O) groups is 1. The minimum absolute atomic E-state index is 0.0699. The smallest absolute Gasteiger partial charge is 0.254 e. The maximum atomic E-state index is 13.0. The van der Waals surface area contributed by atoms with Gasteiger partial charge in [0.15, 0.2) is 11.5 Å². The van der Waals surface area contributed by atoms with Crippen molar-refractivity contribution in [2.24, 2.45) is 0 Å². The van der Waals surface area contributed by atoms with Crippen molar-refractivity contribution in [1.29, 1.82) is 0 Å². The third kappa shape index (κ3) is 3.85. The van der Waals surface area contributed by atoms with Gasteiger partial charge in [0, 0.05) is 31.5 Å². The summed E-state index contributed by atoms with van der Waals surface area (Å²) in [4.78, 5) is 14.8. The molecule has 0 aromatic heterocycles. The van der Waals surface area contributed by atoms with Gasteiger partial charge < -0.3 is 24.8 Å². The van der Waals surface area contributed by atoms with Crippen LogP contribution in [0.4, 0.5) is 5.69 Å². The van der Waals surface area contributed by atoms with Crippen LogP contribution in [-0.2, 0) is 11.3 Å². The number of hydrogen-bond acceptors (Lipinski definition) is 5. The second kappa shape index (κ2) is 7.44. The fraction of sp³-hybridized carbons (Fsp3) is 0.316. The standard InChI is InChI=1S/C19H22N2O4/c1-13-3-5-15(20)10-16(13)19(22)21(7-8-23-2)11-14-4-6-17-18(9-14)25-12-24-17/h3-6,9-10H,7-8,11-12,20H2,1-2H3. The van der Waals surface area contributed by atoms with E-state index < -0.39 is 0 Å². The van der Waals surface area contributed by atoms with E-state index in [4.69, 9.17) is 19.9 Å². The number of hydrogen-bond donors (Lipinski definition) is 1. The van der Waals surface area contributed by atoms with Crippen LogP contribution in [-0.4, -0.2) is 37.9 Å². The summed E-state index contributed by atoms with van der Waals surface area (Å²) in [6.07, 6.45) is 0. The van der Waals surface area contributed by atoms with Crippen LogP contribution >= 0.6 is 0 Å². The second-order valence-electron chi connectivity index (χ2n) is 5.98. The van der Waals surface area contributed by atoms with Gasteiger partial charge >= 0.3 is 0 Å². The molecule has 2 N–H and O–H groups in total. The van der Waals surface area contributed by atoms with E-state index in [-0.39, 0.29) is 12.7 Å². The molecule has 25 heavy (non-hydrogen) atoms. The number of amides is 1. The van der Waals surface area contributed by atoms with Gasteiger partial charge in [-0.05, 0) is 42.3 Å². The summed E-state index contributed by atoms with van der Waals surface area (Å²) in [6.45, 7) is 3.53. The molecule has 6 nitrogen and oxygen atoms in total. The number of carbonyl (C=O) groups excluding carboxylic acids is 1. The first-order valence-electron chi connectivity index (χ1n) is 8.11. The lowest BCUT2D eigenvalue weighted by atomic mass is 10.1. The van der Waals surface area contributed by atoms with Gasteiger partial charge in [0.1, 0.15) is 0 Å². The summed E-state index contributed by atoms with van der Waals surface area (Å²) >= 11 is 0. The number of rotatable bonds is 6. The lowest BCUT2D eigenvalue weighted by Gasteiger charge is -2.23. The Hall–Kier alpha value is -2.73. The molecule has 0 fully saturated rings. The van der Waals surface area contributed by atoms with Crippen molar-refractivity contribution in [3.63, 3.8) is 0 Å². The molecule has 0 unspecified atom stereocenters. The largest absolute Gasteiger partial charge is 0.454 e. The molecule has 0 saturated heterocycles. The molecule has 2 aromatic carbocycles. The highest BCUT2D eigenvalue weighted by Gasteiger charge is 2.20. The normalized spacial score (nSPS) is 12.2. The average Bonchev–Trinajstić information content (AvgIpc) is 3.07. The summed E-state index contributed by atoms with van der Waals surface area (Å²) in [6, 6.07) is 11.1. The van der Waals surface area contributed by atoms with Crippen LogP contribution in [0.3, 0.4) is 0 Å². The van der Waals surface area contributed by atoms with E-state index in [1.54, 1.807) is 24.1 Å². The van der Waals surface area contributed by atoms with E-state index in [0.29, 0.717) is 36.7 Å². The Kier molecular flexibility index (Phi) is 5.09. The summed E-state index contributed by atoms with van der Waals surface area (Å²) in [5.74, 6) is 1.36. The molecule has 3 rings (SSSR count). The predicted molar refractivity (Wildman–Crippen MR) is 94.8 cm³/mol. The van der Waals surface area contributed by atoms with Gasteiger partial charge in [0.25, 0.3) is 5.91 Å². The molecule has 1 amide bonds. The van der Waals surface area contributed by atoms with E-state index in [2.05, 4.69) is 0 Å². The molecule has 0 saturated carbocycles. The number of anilines is 1. The van der Waals surface area contributed by atoms with Gasteiger partial charge in [-0.2, -0.15) is 0 Å². The van der Waals surface area contributed by atoms with E-state index in [1.165, 1.54) is 0 Å². The molecule has 132 valence electrons. The van der Waals surface area contributed by atoms with Crippen molar-refractivity contribution >= 4 is 11.6 Å². The molecule has 1 aliphatic rings. The third-order valence-electron chi connectivity index (χ3n) is 4.15. The second-order valence-corrected chi connectivity index (χ2v) is 5.98. The number of methoxy groups -OCH3 is 1. The van der Waals surface area contributed by atoms with E-state index in [0.717, 1.165) is 16.9 Å². The number of ether oxygens (including phenoxy) is 3. The van der Waals surface area contributed by atoms with E-state index in [1.807, 2.05) is 31.2 Å². The Bertz CT molecular complexity index is 776. The van der Waals surface area contributed by atoms with Gasteiger partial charge in [0.2, 0.25) is 6.79 Å². The van der Waals surface area contributed by atoms with Crippen LogP contribution in [0.2, 0.25) is 0 Å². The summed E-state index contributed by atoms with van der Waals surface area (Å²) in [5, 5.41) is 0.